The number of imidazole rings is 1. The standard InChI is InChI=1S/C8H10N4OS.C6H8.H2/c1-4-9-5-6(10-4)11(2)8(13)12(3)7(5)14;1-2-3-6-4-5-6;/h1-3H3,(H,9,10);1,6H,3-5H2;1H. The van der Waals surface area contributed by atoms with Crippen molar-refractivity contribution in [3.05, 3.63) is 20.9 Å². The van der Waals surface area contributed by atoms with E-state index >= 15 is 0 Å². The third-order valence-corrected chi connectivity index (χ3v) is 3.79. The highest BCUT2D eigenvalue weighted by Crippen LogP contribution is 2.31. The third kappa shape index (κ3) is 2.83. The average molecular weight is 292 g/mol. The number of hydrogen-bond acceptors (Lipinski definition) is 3. The SMILES string of the molecule is C#CCC1CC1.Cc1nc2c([nH]1)c(=S)n(C)c(=O)n2C.[HH]. The van der Waals surface area contributed by atoms with E-state index in [1.807, 2.05) is 6.92 Å². The molecule has 1 aliphatic rings. The average Bonchev–Trinajstić information content (AvgIpc) is 3.15. The third-order valence-electron chi connectivity index (χ3n) is 3.32. The van der Waals surface area contributed by atoms with Crippen molar-refractivity contribution in [1.82, 2.24) is 19.1 Å². The Labute approximate surface area is 124 Å². The Morgan fingerprint density at radius 2 is 2.15 bits per heavy atom. The lowest BCUT2D eigenvalue weighted by Crippen LogP contribution is -2.27. The monoisotopic (exact) mass is 292 g/mol. The van der Waals surface area contributed by atoms with Gasteiger partial charge in [-0.05, 0) is 25.7 Å². The first-order chi connectivity index (χ1) is 9.45. The lowest BCUT2D eigenvalue weighted by molar-refractivity contribution is 0.721. The number of nitrogens with zero attached hydrogens (tertiary/aromatic N) is 3. The number of nitrogens with one attached hydrogen (secondary N) is 1. The van der Waals surface area contributed by atoms with Gasteiger partial charge in [-0.15, -0.1) is 12.3 Å². The van der Waals surface area contributed by atoms with E-state index in [1.165, 1.54) is 22.0 Å². The quantitative estimate of drug-likeness (QED) is 0.648. The fourth-order valence-electron chi connectivity index (χ4n) is 1.93. The minimum atomic E-state index is -0.158. The summed E-state index contributed by atoms with van der Waals surface area (Å²) in [7, 11) is 3.33. The van der Waals surface area contributed by atoms with Crippen LogP contribution in [-0.2, 0) is 14.1 Å². The Morgan fingerprint density at radius 1 is 1.50 bits per heavy atom. The van der Waals surface area contributed by atoms with Gasteiger partial charge in [0, 0.05) is 21.9 Å². The predicted octanol–water partition coefficient (Wildman–Crippen LogP) is 2.30. The maximum Gasteiger partial charge on any atom is 0.330 e. The zero-order valence-corrected chi connectivity index (χ0v) is 12.8. The maximum atomic E-state index is 11.6. The van der Waals surface area contributed by atoms with Crippen LogP contribution >= 0.6 is 12.2 Å². The molecule has 1 saturated carbocycles. The number of fused-ring (bicyclic) bond motifs is 1. The van der Waals surface area contributed by atoms with Crippen molar-refractivity contribution in [3.63, 3.8) is 0 Å². The molecule has 0 unspecified atom stereocenters. The van der Waals surface area contributed by atoms with Crippen LogP contribution in [0.5, 0.6) is 0 Å². The van der Waals surface area contributed by atoms with Crippen LogP contribution in [0.1, 0.15) is 26.5 Å². The van der Waals surface area contributed by atoms with Crippen LogP contribution in [0.4, 0.5) is 0 Å². The summed E-state index contributed by atoms with van der Waals surface area (Å²) < 4.78 is 3.40. The number of aryl methyl sites for hydroxylation is 2. The van der Waals surface area contributed by atoms with Gasteiger partial charge in [-0.1, -0.05) is 12.2 Å². The topological polar surface area (TPSA) is 55.6 Å². The second kappa shape index (κ2) is 5.63. The fraction of sp³-hybridized carbons (Fsp3) is 0.500. The van der Waals surface area contributed by atoms with Gasteiger partial charge in [0.05, 0.1) is 0 Å². The molecular weight excluding hydrogens is 272 g/mol. The molecule has 2 aromatic heterocycles. The Balaban J connectivity index is 0.000000267. The molecule has 6 heteroatoms. The van der Waals surface area contributed by atoms with Crippen molar-refractivity contribution in [1.29, 1.82) is 0 Å². The summed E-state index contributed by atoms with van der Waals surface area (Å²) in [6, 6.07) is 0. The first kappa shape index (κ1) is 14.5. The molecule has 5 nitrogen and oxygen atoms in total. The molecule has 108 valence electrons. The summed E-state index contributed by atoms with van der Waals surface area (Å²) >= 11 is 5.13. The number of rotatable bonds is 1. The van der Waals surface area contributed by atoms with Gasteiger partial charge in [0.2, 0.25) is 0 Å². The molecule has 0 amide bonds. The molecule has 0 atom stereocenters. The molecule has 0 bridgehead atoms. The van der Waals surface area contributed by atoms with Crippen LogP contribution < -0.4 is 5.69 Å². The molecule has 1 N–H and O–H groups in total. The second-order valence-electron chi connectivity index (χ2n) is 5.08. The first-order valence-electron chi connectivity index (χ1n) is 6.51. The molecule has 2 heterocycles. The van der Waals surface area contributed by atoms with Crippen molar-refractivity contribution in [3.8, 4) is 12.3 Å². The summed E-state index contributed by atoms with van der Waals surface area (Å²) in [5.41, 5.74) is 1.19. The summed E-state index contributed by atoms with van der Waals surface area (Å²) in [4.78, 5) is 18.9. The number of aromatic nitrogens is 4. The van der Waals surface area contributed by atoms with Crippen molar-refractivity contribution < 1.29 is 1.43 Å². The van der Waals surface area contributed by atoms with Gasteiger partial charge < -0.3 is 4.98 Å². The van der Waals surface area contributed by atoms with Gasteiger partial charge in [-0.2, -0.15) is 0 Å². The summed E-state index contributed by atoms with van der Waals surface area (Å²) in [6.07, 6.45) is 8.79. The van der Waals surface area contributed by atoms with Gasteiger partial charge in [-0.25, -0.2) is 9.78 Å². The summed E-state index contributed by atoms with van der Waals surface area (Å²) in [6.45, 7) is 1.83. The Hall–Kier alpha value is -1.87. The smallest absolute Gasteiger partial charge is 0.330 e. The number of terminal acetylenes is 1. The lowest BCUT2D eigenvalue weighted by Gasteiger charge is -2.02. The molecular formula is C14H20N4OS. The molecule has 0 saturated heterocycles. The molecule has 20 heavy (non-hydrogen) atoms. The molecule has 0 spiro atoms. The second-order valence-corrected chi connectivity index (χ2v) is 5.46. The van der Waals surface area contributed by atoms with Crippen molar-refractivity contribution in [2.45, 2.75) is 26.2 Å². The van der Waals surface area contributed by atoms with E-state index in [9.17, 15) is 4.79 Å². The highest BCUT2D eigenvalue weighted by atomic mass is 32.1. The highest BCUT2D eigenvalue weighted by molar-refractivity contribution is 7.71. The van der Waals surface area contributed by atoms with E-state index < -0.39 is 0 Å². The first-order valence-corrected chi connectivity index (χ1v) is 6.92. The van der Waals surface area contributed by atoms with E-state index in [4.69, 9.17) is 18.6 Å². The van der Waals surface area contributed by atoms with E-state index in [0.717, 1.165) is 23.7 Å². The van der Waals surface area contributed by atoms with Crippen LogP contribution in [-0.4, -0.2) is 19.1 Å². The molecule has 1 fully saturated rings. The van der Waals surface area contributed by atoms with E-state index in [2.05, 4.69) is 15.9 Å². The highest BCUT2D eigenvalue weighted by Gasteiger charge is 2.18. The van der Waals surface area contributed by atoms with Crippen LogP contribution in [0.25, 0.3) is 11.2 Å². The van der Waals surface area contributed by atoms with Gasteiger partial charge in [0.1, 0.15) is 16.0 Å². The Morgan fingerprint density at radius 3 is 2.65 bits per heavy atom. The van der Waals surface area contributed by atoms with Gasteiger partial charge in [0.15, 0.2) is 5.65 Å². The molecule has 0 aromatic carbocycles. The Kier molecular flexibility index (Phi) is 4.09. The van der Waals surface area contributed by atoms with Crippen LogP contribution in [0.15, 0.2) is 4.79 Å². The molecule has 3 rings (SSSR count). The van der Waals surface area contributed by atoms with E-state index in [0.29, 0.717) is 10.3 Å². The van der Waals surface area contributed by atoms with Crippen molar-refractivity contribution in [2.75, 3.05) is 0 Å². The molecule has 0 aliphatic heterocycles. The van der Waals surface area contributed by atoms with Crippen molar-refractivity contribution >= 4 is 23.4 Å². The van der Waals surface area contributed by atoms with Crippen LogP contribution in [0.3, 0.4) is 0 Å². The molecule has 2 aromatic rings. The van der Waals surface area contributed by atoms with Gasteiger partial charge >= 0.3 is 5.69 Å². The lowest BCUT2D eigenvalue weighted by atomic mass is 10.3. The predicted molar refractivity (Wildman–Crippen MR) is 84.2 cm³/mol. The minimum absolute atomic E-state index is 0. The van der Waals surface area contributed by atoms with E-state index in [-0.39, 0.29) is 7.12 Å². The molecule has 1 aliphatic carbocycles. The molecule has 0 radical (unpaired) electrons. The largest absolute Gasteiger partial charge is 0.338 e. The normalized spacial score (nSPS) is 13.7. The zero-order chi connectivity index (χ0) is 14.9. The number of hydrogen-bond donors (Lipinski definition) is 1. The Bertz CT molecular complexity index is 792. The number of aromatic amines is 1. The maximum absolute atomic E-state index is 11.6. The van der Waals surface area contributed by atoms with Gasteiger partial charge in [0.25, 0.3) is 0 Å². The number of H-pyrrole nitrogens is 1. The summed E-state index contributed by atoms with van der Waals surface area (Å²) in [5, 5.41) is 0. The zero-order valence-electron chi connectivity index (χ0n) is 11.9. The van der Waals surface area contributed by atoms with Crippen LogP contribution in [0, 0.1) is 29.8 Å². The minimum Gasteiger partial charge on any atom is -0.338 e. The van der Waals surface area contributed by atoms with Crippen LogP contribution in [0.2, 0.25) is 0 Å². The summed E-state index contributed by atoms with van der Waals surface area (Å²) in [5.74, 6) is 4.30. The van der Waals surface area contributed by atoms with Gasteiger partial charge in [-0.3, -0.25) is 9.13 Å². The van der Waals surface area contributed by atoms with Crippen molar-refractivity contribution in [2.24, 2.45) is 20.0 Å². The fourth-order valence-corrected chi connectivity index (χ4v) is 2.15. The van der Waals surface area contributed by atoms with E-state index in [1.54, 1.807) is 14.1 Å².